The van der Waals surface area contributed by atoms with Crippen LogP contribution in [0, 0.1) is 6.07 Å². The quantitative estimate of drug-likeness (QED) is 0.169. The SMILES string of the molecule is CCCCCCCCCC([NH-])=O.C[SiH]C.[Cl][Ti][Cl].[c-]1cccc2c1Cc1ccccc1-2. The van der Waals surface area contributed by atoms with Gasteiger partial charge in [-0.1, -0.05) is 93.9 Å². The van der Waals surface area contributed by atoms with Gasteiger partial charge in [-0.3, -0.25) is 0 Å². The smallest absolute Gasteiger partial charge is 0.0253 e. The van der Waals surface area contributed by atoms with E-state index >= 15 is 0 Å². The van der Waals surface area contributed by atoms with Crippen molar-refractivity contribution in [2.24, 2.45) is 0 Å². The van der Waals surface area contributed by atoms with Crippen LogP contribution in [0.1, 0.15) is 69.4 Å². The molecular weight excluding hydrogens is 477 g/mol. The maximum atomic E-state index is 10.2. The number of amides is 1. The molecule has 1 aliphatic rings. The van der Waals surface area contributed by atoms with Crippen molar-refractivity contribution < 1.29 is 21.8 Å². The first-order valence-corrected chi connectivity index (χ1v) is 17.7. The van der Waals surface area contributed by atoms with Crippen LogP contribution in [0.3, 0.4) is 0 Å². The van der Waals surface area contributed by atoms with Gasteiger partial charge in [-0.15, -0.1) is 5.56 Å². The number of hydrogen-bond donors (Lipinski definition) is 0. The van der Waals surface area contributed by atoms with Crippen LogP contribution in [0.15, 0.2) is 42.5 Å². The minimum absolute atomic E-state index is 0.413. The van der Waals surface area contributed by atoms with Crippen molar-refractivity contribution in [3.63, 3.8) is 0 Å². The molecule has 0 saturated heterocycles. The van der Waals surface area contributed by atoms with Crippen LogP contribution in [0.2, 0.25) is 13.1 Å². The zero-order valence-corrected chi connectivity index (χ0v) is 23.4. The number of halogens is 2. The zero-order chi connectivity index (χ0) is 23.3. The molecule has 2 aromatic rings. The number of nitrogens with one attached hydrogen (secondary N) is 1. The fourth-order valence-electron chi connectivity index (χ4n) is 3.24. The van der Waals surface area contributed by atoms with Crippen molar-refractivity contribution >= 4 is 34.0 Å². The van der Waals surface area contributed by atoms with Crippen molar-refractivity contribution in [3.05, 3.63) is 65.4 Å². The topological polar surface area (TPSA) is 40.9 Å². The molecule has 0 unspecified atom stereocenters. The minimum atomic E-state index is -0.556. The maximum Gasteiger partial charge on any atom is -0.0253 e. The van der Waals surface area contributed by atoms with E-state index < -0.39 is 22.9 Å². The van der Waals surface area contributed by atoms with E-state index in [9.17, 15) is 4.79 Å². The van der Waals surface area contributed by atoms with Gasteiger partial charge in [-0.25, -0.2) is 0 Å². The summed E-state index contributed by atoms with van der Waals surface area (Å²) in [4.78, 5) is 10.2. The van der Waals surface area contributed by atoms with Crippen LogP contribution in [0.4, 0.5) is 0 Å². The number of carbonyl (C=O) groups excluding carboxylic acids is 1. The number of hydrogen-bond acceptors (Lipinski definition) is 1. The molecule has 31 heavy (non-hydrogen) atoms. The van der Waals surface area contributed by atoms with Crippen molar-refractivity contribution in [1.29, 1.82) is 0 Å². The molecule has 0 atom stereocenters. The molecule has 1 amide bonds. The van der Waals surface area contributed by atoms with Gasteiger partial charge >= 0.3 is 35.6 Å². The second-order valence-electron chi connectivity index (χ2n) is 7.34. The molecule has 0 aromatic heterocycles. The Morgan fingerprint density at radius 2 is 1.55 bits per heavy atom. The molecule has 0 fully saturated rings. The summed E-state index contributed by atoms with van der Waals surface area (Å²) >= 11 is -0.556. The molecule has 1 aliphatic carbocycles. The van der Waals surface area contributed by atoms with Crippen LogP contribution in [0.5, 0.6) is 0 Å². The fraction of sp³-hybridized carbons (Fsp3) is 0.480. The van der Waals surface area contributed by atoms with Crippen molar-refractivity contribution in [3.8, 4) is 11.1 Å². The first kappa shape index (κ1) is 30.4. The molecule has 6 heteroatoms. The standard InChI is InChI=1S/C13H9.C10H21NO.C2H7Si.2ClH.Ti/c1-3-7-12-10(5-1)9-11-6-2-4-8-13(11)12;1-2-3-4-5-6-7-8-9-10(11)12;1-3-2;;;/h1-5,7-8H,9H2;2-9H2,1H3,(H2,11,12);3H,1-2H3;2*1H;/q-1;;;;;+2/p-3. The Balaban J connectivity index is 0.000000467. The monoisotopic (exact) mass is 512 g/mol. The van der Waals surface area contributed by atoms with Gasteiger partial charge < -0.3 is 10.5 Å². The predicted octanol–water partition coefficient (Wildman–Crippen LogP) is 8.66. The molecule has 1 radical (unpaired) electrons. The van der Waals surface area contributed by atoms with Gasteiger partial charge in [0.25, 0.3) is 0 Å². The predicted molar refractivity (Wildman–Crippen MR) is 136 cm³/mol. The van der Waals surface area contributed by atoms with Crippen LogP contribution in [0.25, 0.3) is 16.9 Å². The van der Waals surface area contributed by atoms with Crippen LogP contribution in [-0.2, 0) is 28.2 Å². The summed E-state index contributed by atoms with van der Waals surface area (Å²) in [6.45, 7) is 6.62. The molecule has 0 bridgehead atoms. The third kappa shape index (κ3) is 15.0. The summed E-state index contributed by atoms with van der Waals surface area (Å²) in [5, 5.41) is 0. The van der Waals surface area contributed by atoms with E-state index in [2.05, 4.69) is 62.5 Å². The van der Waals surface area contributed by atoms with Crippen LogP contribution >= 0.6 is 18.6 Å². The first-order valence-electron chi connectivity index (χ1n) is 11.1. The van der Waals surface area contributed by atoms with Gasteiger partial charge in [0.1, 0.15) is 0 Å². The molecular formula is C25H36Cl2NOSiTi-2. The van der Waals surface area contributed by atoms with E-state index in [1.165, 1.54) is 54.4 Å². The van der Waals surface area contributed by atoms with Crippen LogP contribution in [-0.4, -0.2) is 15.4 Å². The molecule has 0 heterocycles. The van der Waals surface area contributed by atoms with Crippen molar-refractivity contribution in [2.45, 2.75) is 77.8 Å². The third-order valence-corrected chi connectivity index (χ3v) is 4.62. The van der Waals surface area contributed by atoms with E-state index in [1.807, 2.05) is 6.07 Å². The molecule has 171 valence electrons. The number of unbranched alkanes of at least 4 members (excludes halogenated alkanes) is 6. The number of fused-ring (bicyclic) bond motifs is 3. The van der Waals surface area contributed by atoms with Gasteiger partial charge in [0.2, 0.25) is 0 Å². The Bertz CT molecular complexity index is 670. The van der Waals surface area contributed by atoms with Gasteiger partial charge in [0.05, 0.1) is 0 Å². The molecule has 0 aliphatic heterocycles. The number of carbonyl (C=O) groups is 1. The molecule has 0 saturated carbocycles. The van der Waals surface area contributed by atoms with E-state index in [0.717, 1.165) is 28.8 Å². The van der Waals surface area contributed by atoms with Crippen molar-refractivity contribution in [1.82, 2.24) is 0 Å². The van der Waals surface area contributed by atoms with Crippen LogP contribution < -0.4 is 0 Å². The van der Waals surface area contributed by atoms with E-state index in [4.69, 9.17) is 24.3 Å². The molecule has 2 nitrogen and oxygen atoms in total. The average Bonchev–Trinajstić information content (AvgIpc) is 3.13. The van der Waals surface area contributed by atoms with Gasteiger partial charge in [-0.05, 0) is 19.3 Å². The Labute approximate surface area is 209 Å². The summed E-state index contributed by atoms with van der Waals surface area (Å²) in [6, 6.07) is 18.1. The summed E-state index contributed by atoms with van der Waals surface area (Å²) in [7, 11) is 10.5. The molecule has 1 N–H and O–H groups in total. The van der Waals surface area contributed by atoms with Gasteiger partial charge in [-0.2, -0.15) is 29.8 Å². The molecule has 0 spiro atoms. The summed E-state index contributed by atoms with van der Waals surface area (Å²) in [6.07, 6.45) is 9.99. The number of rotatable bonds is 8. The fourth-order valence-corrected chi connectivity index (χ4v) is 3.24. The zero-order valence-electron chi connectivity index (χ0n) is 19.1. The Hall–Kier alpha value is -0.579. The second-order valence-corrected chi connectivity index (χ2v) is 11.1. The Morgan fingerprint density at radius 1 is 1.00 bits per heavy atom. The van der Waals surface area contributed by atoms with Gasteiger partial charge in [0.15, 0.2) is 0 Å². The average molecular weight is 513 g/mol. The summed E-state index contributed by atoms with van der Waals surface area (Å²) < 4.78 is 0. The molecule has 3 rings (SSSR count). The van der Waals surface area contributed by atoms with E-state index in [1.54, 1.807) is 0 Å². The van der Waals surface area contributed by atoms with Gasteiger partial charge in [0, 0.05) is 15.4 Å². The Morgan fingerprint density at radius 3 is 2.16 bits per heavy atom. The normalized spacial score (nSPS) is 10.1. The van der Waals surface area contributed by atoms with E-state index in [0.29, 0.717) is 6.42 Å². The second kappa shape index (κ2) is 21.3. The Kier molecular flexibility index (Phi) is 20.9. The van der Waals surface area contributed by atoms with Crippen molar-refractivity contribution in [2.75, 3.05) is 0 Å². The molecule has 2 aromatic carbocycles. The summed E-state index contributed by atoms with van der Waals surface area (Å²) in [5.74, 6) is -0.413. The summed E-state index contributed by atoms with van der Waals surface area (Å²) in [5.41, 5.74) is 12.2. The minimum Gasteiger partial charge on any atom is -0.179 e. The maximum absolute atomic E-state index is 10.2. The number of benzene rings is 2. The first-order chi connectivity index (χ1) is 15.0. The largest absolute Gasteiger partial charge is 0.179 e. The van der Waals surface area contributed by atoms with E-state index in [-0.39, 0.29) is 0 Å². The third-order valence-electron chi connectivity index (χ3n) is 4.62.